The molecular formula is C14H23N5O8. The summed E-state index contributed by atoms with van der Waals surface area (Å²) in [6.07, 6.45) is -1.88. The summed E-state index contributed by atoms with van der Waals surface area (Å²) in [5, 5.41) is 22.0. The molecule has 0 aliphatic heterocycles. The molecule has 0 saturated carbocycles. The van der Waals surface area contributed by atoms with Gasteiger partial charge in [-0.05, 0) is 12.8 Å². The van der Waals surface area contributed by atoms with Crippen LogP contribution in [0.3, 0.4) is 0 Å². The molecular weight excluding hydrogens is 366 g/mol. The number of aliphatic carboxylic acids is 2. The van der Waals surface area contributed by atoms with E-state index in [0.717, 1.165) is 0 Å². The van der Waals surface area contributed by atoms with E-state index in [2.05, 4.69) is 10.6 Å². The van der Waals surface area contributed by atoms with Gasteiger partial charge in [0.05, 0.1) is 12.5 Å². The summed E-state index contributed by atoms with van der Waals surface area (Å²) in [5.41, 5.74) is 15.3. The lowest BCUT2D eigenvalue weighted by Crippen LogP contribution is -2.55. The van der Waals surface area contributed by atoms with Gasteiger partial charge < -0.3 is 38.0 Å². The monoisotopic (exact) mass is 389 g/mol. The Balaban J connectivity index is 5.12. The fraction of sp³-hybridized carbons (Fsp3) is 0.571. The third-order valence-corrected chi connectivity index (χ3v) is 3.34. The number of rotatable bonds is 13. The first-order chi connectivity index (χ1) is 12.4. The Bertz CT molecular complexity index is 608. The van der Waals surface area contributed by atoms with Crippen molar-refractivity contribution in [3.05, 3.63) is 0 Å². The SMILES string of the molecule is NC(=O)CCC(NC(=O)C(CCC(N)=O)NC(=O)C(N)CC(=O)O)C(=O)O. The molecule has 0 rings (SSSR count). The molecule has 13 nitrogen and oxygen atoms in total. The van der Waals surface area contributed by atoms with E-state index in [0.29, 0.717) is 0 Å². The van der Waals surface area contributed by atoms with E-state index in [9.17, 15) is 28.8 Å². The van der Waals surface area contributed by atoms with Crippen LogP contribution in [0.2, 0.25) is 0 Å². The number of nitrogens with two attached hydrogens (primary N) is 3. The maximum Gasteiger partial charge on any atom is 0.326 e. The summed E-state index contributed by atoms with van der Waals surface area (Å²) in [5.74, 6) is -6.27. The Morgan fingerprint density at radius 3 is 1.63 bits per heavy atom. The lowest BCUT2D eigenvalue weighted by atomic mass is 10.1. The predicted octanol–water partition coefficient (Wildman–Crippen LogP) is -3.63. The van der Waals surface area contributed by atoms with Crippen LogP contribution in [0.1, 0.15) is 32.1 Å². The van der Waals surface area contributed by atoms with Crippen LogP contribution >= 0.6 is 0 Å². The number of carboxylic acid groups (broad SMARTS) is 2. The van der Waals surface area contributed by atoms with Crippen LogP contribution in [0.4, 0.5) is 0 Å². The fourth-order valence-corrected chi connectivity index (χ4v) is 1.93. The molecule has 0 heterocycles. The number of nitrogens with one attached hydrogen (secondary N) is 2. The first kappa shape index (κ1) is 23.8. The van der Waals surface area contributed by atoms with Gasteiger partial charge in [0.1, 0.15) is 12.1 Å². The van der Waals surface area contributed by atoms with Gasteiger partial charge in [-0.1, -0.05) is 0 Å². The molecule has 0 aliphatic rings. The molecule has 13 heteroatoms. The Morgan fingerprint density at radius 2 is 1.22 bits per heavy atom. The van der Waals surface area contributed by atoms with E-state index >= 15 is 0 Å². The van der Waals surface area contributed by atoms with Crippen molar-refractivity contribution in [3.63, 3.8) is 0 Å². The molecule has 0 aromatic carbocycles. The summed E-state index contributed by atoms with van der Waals surface area (Å²) in [6.45, 7) is 0. The molecule has 0 fully saturated rings. The zero-order chi connectivity index (χ0) is 21.1. The normalized spacial score (nSPS) is 13.7. The zero-order valence-corrected chi connectivity index (χ0v) is 14.3. The highest BCUT2D eigenvalue weighted by Crippen LogP contribution is 2.03. The summed E-state index contributed by atoms with van der Waals surface area (Å²) in [7, 11) is 0. The summed E-state index contributed by atoms with van der Waals surface area (Å²) >= 11 is 0. The Hall–Kier alpha value is -3.22. The van der Waals surface area contributed by atoms with Crippen LogP contribution in [-0.4, -0.2) is 63.9 Å². The van der Waals surface area contributed by atoms with Gasteiger partial charge in [-0.15, -0.1) is 0 Å². The maximum atomic E-state index is 12.3. The number of amides is 4. The maximum absolute atomic E-state index is 12.3. The smallest absolute Gasteiger partial charge is 0.326 e. The van der Waals surface area contributed by atoms with Gasteiger partial charge in [-0.25, -0.2) is 4.79 Å². The lowest BCUT2D eigenvalue weighted by Gasteiger charge is -2.22. The van der Waals surface area contributed by atoms with E-state index in [1.54, 1.807) is 0 Å². The van der Waals surface area contributed by atoms with Crippen molar-refractivity contribution in [1.82, 2.24) is 10.6 Å². The van der Waals surface area contributed by atoms with Gasteiger partial charge in [0, 0.05) is 12.8 Å². The molecule has 0 aromatic heterocycles. The van der Waals surface area contributed by atoms with Crippen LogP contribution in [0.15, 0.2) is 0 Å². The van der Waals surface area contributed by atoms with Crippen molar-refractivity contribution >= 4 is 35.6 Å². The first-order valence-corrected chi connectivity index (χ1v) is 7.81. The number of primary amides is 2. The van der Waals surface area contributed by atoms with Crippen LogP contribution in [-0.2, 0) is 28.8 Å². The molecule has 0 radical (unpaired) electrons. The van der Waals surface area contributed by atoms with Gasteiger partial charge >= 0.3 is 11.9 Å². The molecule has 0 bridgehead atoms. The Labute approximate surface area is 153 Å². The summed E-state index contributed by atoms with van der Waals surface area (Å²) < 4.78 is 0. The molecule has 4 amide bonds. The summed E-state index contributed by atoms with van der Waals surface area (Å²) in [4.78, 5) is 67.7. The van der Waals surface area contributed by atoms with Crippen LogP contribution in [0.5, 0.6) is 0 Å². The second-order valence-corrected chi connectivity index (χ2v) is 5.67. The number of carbonyl (C=O) groups excluding carboxylic acids is 4. The standard InChI is InChI=1S/C14H23N5O8/c15-6(5-11(22)23)12(24)18-7(1-3-9(16)20)13(25)19-8(14(26)27)2-4-10(17)21/h6-8H,1-5,15H2,(H2,16,20)(H2,17,21)(H,18,24)(H,19,25)(H,22,23)(H,26,27). The molecule has 0 aromatic rings. The molecule has 0 saturated heterocycles. The third kappa shape index (κ3) is 10.4. The Kier molecular flexibility index (Phi) is 10.0. The third-order valence-electron chi connectivity index (χ3n) is 3.34. The number of hydrogen-bond acceptors (Lipinski definition) is 7. The number of carboxylic acids is 2. The van der Waals surface area contributed by atoms with Gasteiger partial charge in [-0.2, -0.15) is 0 Å². The molecule has 10 N–H and O–H groups in total. The second-order valence-electron chi connectivity index (χ2n) is 5.67. The van der Waals surface area contributed by atoms with Crippen molar-refractivity contribution in [3.8, 4) is 0 Å². The minimum atomic E-state index is -1.47. The number of hydrogen-bond donors (Lipinski definition) is 7. The van der Waals surface area contributed by atoms with E-state index in [-0.39, 0.29) is 25.7 Å². The van der Waals surface area contributed by atoms with Crippen LogP contribution < -0.4 is 27.8 Å². The molecule has 0 aliphatic carbocycles. The van der Waals surface area contributed by atoms with E-state index in [4.69, 9.17) is 27.4 Å². The largest absolute Gasteiger partial charge is 0.481 e. The van der Waals surface area contributed by atoms with Gasteiger partial charge in [-0.3, -0.25) is 24.0 Å². The van der Waals surface area contributed by atoms with Crippen molar-refractivity contribution in [2.75, 3.05) is 0 Å². The summed E-state index contributed by atoms with van der Waals surface area (Å²) in [6, 6.07) is -4.32. The van der Waals surface area contributed by atoms with Crippen molar-refractivity contribution in [2.24, 2.45) is 17.2 Å². The fourth-order valence-electron chi connectivity index (χ4n) is 1.93. The molecule has 0 spiro atoms. The lowest BCUT2D eigenvalue weighted by molar-refractivity contribution is -0.143. The molecule has 27 heavy (non-hydrogen) atoms. The minimum Gasteiger partial charge on any atom is -0.481 e. The zero-order valence-electron chi connectivity index (χ0n) is 14.3. The highest BCUT2D eigenvalue weighted by molar-refractivity contribution is 5.93. The van der Waals surface area contributed by atoms with Gasteiger partial charge in [0.2, 0.25) is 23.6 Å². The van der Waals surface area contributed by atoms with Gasteiger partial charge in [0.25, 0.3) is 0 Å². The average molecular weight is 389 g/mol. The predicted molar refractivity (Wildman–Crippen MR) is 88.6 cm³/mol. The quantitative estimate of drug-likeness (QED) is 0.164. The average Bonchev–Trinajstić information content (AvgIpc) is 2.53. The minimum absolute atomic E-state index is 0.269. The van der Waals surface area contributed by atoms with Gasteiger partial charge in [0.15, 0.2) is 0 Å². The van der Waals surface area contributed by atoms with Crippen LogP contribution in [0, 0.1) is 0 Å². The molecule has 3 unspecified atom stereocenters. The van der Waals surface area contributed by atoms with Crippen molar-refractivity contribution < 1.29 is 39.0 Å². The molecule has 152 valence electrons. The van der Waals surface area contributed by atoms with Crippen molar-refractivity contribution in [2.45, 2.75) is 50.2 Å². The van der Waals surface area contributed by atoms with Crippen molar-refractivity contribution in [1.29, 1.82) is 0 Å². The van der Waals surface area contributed by atoms with E-state index in [1.165, 1.54) is 0 Å². The highest BCUT2D eigenvalue weighted by Gasteiger charge is 2.28. The number of carbonyl (C=O) groups is 6. The Morgan fingerprint density at radius 1 is 0.778 bits per heavy atom. The molecule has 3 atom stereocenters. The highest BCUT2D eigenvalue weighted by atomic mass is 16.4. The van der Waals surface area contributed by atoms with E-state index in [1.807, 2.05) is 0 Å². The van der Waals surface area contributed by atoms with E-state index < -0.39 is 60.1 Å². The second kappa shape index (κ2) is 11.4. The first-order valence-electron chi connectivity index (χ1n) is 7.81. The topological polar surface area (TPSA) is 245 Å². The van der Waals surface area contributed by atoms with Crippen LogP contribution in [0.25, 0.3) is 0 Å².